The maximum absolute atomic E-state index is 12.5. The summed E-state index contributed by atoms with van der Waals surface area (Å²) in [5.41, 5.74) is 3.11. The van der Waals surface area contributed by atoms with E-state index < -0.39 is 5.97 Å². The third-order valence-electron chi connectivity index (χ3n) is 4.01. The molecule has 3 heterocycles. The van der Waals surface area contributed by atoms with E-state index in [9.17, 15) is 9.59 Å². The van der Waals surface area contributed by atoms with Gasteiger partial charge in [-0.2, -0.15) is 5.10 Å². The van der Waals surface area contributed by atoms with Crippen LogP contribution in [-0.4, -0.2) is 38.7 Å². The Kier molecular flexibility index (Phi) is 4.73. The average Bonchev–Trinajstić information content (AvgIpc) is 3.48. The van der Waals surface area contributed by atoms with Crippen LogP contribution in [-0.2, 0) is 4.74 Å². The van der Waals surface area contributed by atoms with Crippen molar-refractivity contribution in [3.63, 3.8) is 0 Å². The highest BCUT2D eigenvalue weighted by atomic mass is 32.1. The fourth-order valence-corrected chi connectivity index (χ4v) is 3.30. The minimum atomic E-state index is -0.450. The number of H-pyrrole nitrogens is 1. The van der Waals surface area contributed by atoms with Crippen LogP contribution in [0.4, 0.5) is 5.13 Å². The van der Waals surface area contributed by atoms with Gasteiger partial charge in [0.1, 0.15) is 5.69 Å². The first-order valence-electron chi connectivity index (χ1n) is 8.28. The molecule has 140 valence electrons. The molecule has 1 amide bonds. The molecule has 0 aliphatic rings. The van der Waals surface area contributed by atoms with Gasteiger partial charge in [0.05, 0.1) is 18.5 Å². The van der Waals surface area contributed by atoms with Crippen LogP contribution in [0.5, 0.6) is 0 Å². The van der Waals surface area contributed by atoms with Crippen molar-refractivity contribution in [2.24, 2.45) is 0 Å². The van der Waals surface area contributed by atoms with Gasteiger partial charge in [-0.3, -0.25) is 10.1 Å². The molecule has 9 heteroatoms. The molecule has 0 radical (unpaired) electrons. The molecule has 0 atom stereocenters. The summed E-state index contributed by atoms with van der Waals surface area (Å²) in [6, 6.07) is 10.6. The van der Waals surface area contributed by atoms with Crippen molar-refractivity contribution in [3.05, 3.63) is 71.6 Å². The Balaban J connectivity index is 1.45. The number of nitrogens with zero attached hydrogens (tertiary/aromatic N) is 3. The fraction of sp³-hybridized carbons (Fsp3) is 0.0526. The zero-order chi connectivity index (χ0) is 19.5. The molecule has 4 aromatic rings. The van der Waals surface area contributed by atoms with Gasteiger partial charge in [-0.1, -0.05) is 0 Å². The van der Waals surface area contributed by atoms with Crippen molar-refractivity contribution in [2.45, 2.75) is 0 Å². The molecule has 4 rings (SSSR count). The van der Waals surface area contributed by atoms with E-state index in [4.69, 9.17) is 0 Å². The molecule has 0 saturated carbocycles. The number of aromatic amines is 1. The maximum atomic E-state index is 12.5. The number of benzene rings is 1. The number of hydrogen-bond acceptors (Lipinski definition) is 6. The van der Waals surface area contributed by atoms with E-state index >= 15 is 0 Å². The summed E-state index contributed by atoms with van der Waals surface area (Å²) in [6.07, 6.45) is 5.19. The van der Waals surface area contributed by atoms with Gasteiger partial charge in [-0.25, -0.2) is 14.5 Å². The average molecular weight is 393 g/mol. The summed E-state index contributed by atoms with van der Waals surface area (Å²) in [4.78, 5) is 31.2. The lowest BCUT2D eigenvalue weighted by molar-refractivity contribution is 0.0594. The number of rotatable bonds is 5. The molecule has 1 aromatic carbocycles. The number of aromatic nitrogens is 4. The van der Waals surface area contributed by atoms with Gasteiger partial charge in [-0.05, 0) is 36.4 Å². The number of thiazole rings is 1. The third-order valence-corrected chi connectivity index (χ3v) is 4.76. The molecule has 8 nitrogen and oxygen atoms in total. The fourth-order valence-electron chi connectivity index (χ4n) is 2.59. The number of amides is 1. The number of nitrogens with one attached hydrogen (secondary N) is 2. The minimum Gasteiger partial charge on any atom is -0.464 e. The highest BCUT2D eigenvalue weighted by Gasteiger charge is 2.13. The normalized spacial score (nSPS) is 10.6. The predicted octanol–water partition coefficient (Wildman–Crippen LogP) is 3.36. The van der Waals surface area contributed by atoms with E-state index in [1.165, 1.54) is 18.4 Å². The highest BCUT2D eigenvalue weighted by molar-refractivity contribution is 7.14. The van der Waals surface area contributed by atoms with E-state index in [1.54, 1.807) is 40.7 Å². The molecule has 0 bridgehead atoms. The lowest BCUT2D eigenvalue weighted by Gasteiger charge is -2.04. The molecule has 0 fully saturated rings. The Bertz CT molecular complexity index is 1110. The summed E-state index contributed by atoms with van der Waals surface area (Å²) in [5, 5.41) is 9.22. The van der Waals surface area contributed by atoms with Gasteiger partial charge in [0.2, 0.25) is 0 Å². The Hall–Kier alpha value is -3.72. The SMILES string of the molecule is COC(=O)c1cc(-c2csc(NC(=O)c3ccc(-n4cccn4)cc3)n2)c[nH]1. The van der Waals surface area contributed by atoms with Gasteiger partial charge in [0, 0.05) is 35.1 Å². The number of hydrogen-bond donors (Lipinski definition) is 2. The number of methoxy groups -OCH3 is 1. The van der Waals surface area contributed by atoms with E-state index in [2.05, 4.69) is 25.1 Å². The molecule has 2 N–H and O–H groups in total. The van der Waals surface area contributed by atoms with Gasteiger partial charge in [0.25, 0.3) is 5.91 Å². The topological polar surface area (TPSA) is 102 Å². The standard InChI is InChI=1S/C19H15N5O3S/c1-27-18(26)15-9-13(10-20-15)16-11-28-19(22-16)23-17(25)12-3-5-14(6-4-12)24-8-2-7-21-24/h2-11,20H,1H3,(H,22,23,25). The predicted molar refractivity (Wildman–Crippen MR) is 105 cm³/mol. The number of ether oxygens (including phenoxy) is 1. The van der Waals surface area contributed by atoms with Crippen molar-refractivity contribution >= 4 is 28.3 Å². The maximum Gasteiger partial charge on any atom is 0.354 e. The first-order chi connectivity index (χ1) is 13.6. The lowest BCUT2D eigenvalue weighted by atomic mass is 10.2. The zero-order valence-corrected chi connectivity index (χ0v) is 15.6. The molecule has 3 aromatic heterocycles. The van der Waals surface area contributed by atoms with Crippen LogP contribution in [0.1, 0.15) is 20.8 Å². The molecule has 28 heavy (non-hydrogen) atoms. The monoisotopic (exact) mass is 393 g/mol. The second-order valence-electron chi connectivity index (χ2n) is 5.78. The largest absolute Gasteiger partial charge is 0.464 e. The van der Waals surface area contributed by atoms with Crippen LogP contribution in [0.15, 0.2) is 60.4 Å². The second kappa shape index (κ2) is 7.49. The summed E-state index contributed by atoms with van der Waals surface area (Å²) in [7, 11) is 1.32. The molecular weight excluding hydrogens is 378 g/mol. The first-order valence-corrected chi connectivity index (χ1v) is 9.16. The van der Waals surface area contributed by atoms with Crippen LogP contribution < -0.4 is 5.32 Å². The molecule has 0 spiro atoms. The molecule has 0 aliphatic heterocycles. The second-order valence-corrected chi connectivity index (χ2v) is 6.64. The smallest absolute Gasteiger partial charge is 0.354 e. The third kappa shape index (κ3) is 3.55. The Morgan fingerprint density at radius 2 is 2.07 bits per heavy atom. The van der Waals surface area contributed by atoms with E-state index in [-0.39, 0.29) is 5.91 Å². The minimum absolute atomic E-state index is 0.253. The summed E-state index contributed by atoms with van der Waals surface area (Å²) in [6.45, 7) is 0. The molecule has 0 aliphatic carbocycles. The Morgan fingerprint density at radius 1 is 1.25 bits per heavy atom. The highest BCUT2D eigenvalue weighted by Crippen LogP contribution is 2.26. The van der Waals surface area contributed by atoms with Crippen molar-refractivity contribution in [1.82, 2.24) is 19.7 Å². The van der Waals surface area contributed by atoms with E-state index in [1.807, 2.05) is 24.4 Å². The molecule has 0 unspecified atom stereocenters. The van der Waals surface area contributed by atoms with Gasteiger partial charge >= 0.3 is 5.97 Å². The van der Waals surface area contributed by atoms with Crippen LogP contribution in [0, 0.1) is 0 Å². The van der Waals surface area contributed by atoms with Crippen LogP contribution in [0.25, 0.3) is 16.9 Å². The van der Waals surface area contributed by atoms with Crippen LogP contribution in [0.3, 0.4) is 0 Å². The van der Waals surface area contributed by atoms with Gasteiger partial charge in [0.15, 0.2) is 5.13 Å². The summed E-state index contributed by atoms with van der Waals surface area (Å²) >= 11 is 1.30. The van der Waals surface area contributed by atoms with Gasteiger partial charge < -0.3 is 9.72 Å². The number of carbonyl (C=O) groups is 2. The summed E-state index contributed by atoms with van der Waals surface area (Å²) < 4.78 is 6.39. The van der Waals surface area contributed by atoms with Crippen molar-refractivity contribution in [1.29, 1.82) is 0 Å². The Labute approximate surface area is 163 Å². The molecule has 0 saturated heterocycles. The van der Waals surface area contributed by atoms with Crippen molar-refractivity contribution < 1.29 is 14.3 Å². The quantitative estimate of drug-likeness (QED) is 0.506. The number of esters is 1. The van der Waals surface area contributed by atoms with Crippen molar-refractivity contribution in [3.8, 4) is 16.9 Å². The first kappa shape index (κ1) is 17.7. The van der Waals surface area contributed by atoms with Crippen molar-refractivity contribution in [2.75, 3.05) is 12.4 Å². The summed E-state index contributed by atoms with van der Waals surface area (Å²) in [5.74, 6) is -0.703. The Morgan fingerprint density at radius 3 is 2.79 bits per heavy atom. The van der Waals surface area contributed by atoms with Crippen LogP contribution in [0.2, 0.25) is 0 Å². The number of carbonyl (C=O) groups excluding carboxylic acids is 2. The van der Waals surface area contributed by atoms with Gasteiger partial charge in [-0.15, -0.1) is 11.3 Å². The van der Waals surface area contributed by atoms with Crippen LogP contribution >= 0.6 is 11.3 Å². The lowest BCUT2D eigenvalue weighted by Crippen LogP contribution is -2.11. The van der Waals surface area contributed by atoms with E-state index in [0.717, 1.165) is 11.3 Å². The zero-order valence-electron chi connectivity index (χ0n) is 14.7. The molecular formula is C19H15N5O3S. The van der Waals surface area contributed by atoms with E-state index in [0.29, 0.717) is 22.1 Å². The number of anilines is 1.